The highest BCUT2D eigenvalue weighted by molar-refractivity contribution is 9.10. The Morgan fingerprint density at radius 1 is 1.38 bits per heavy atom. The van der Waals surface area contributed by atoms with Gasteiger partial charge >= 0.3 is 0 Å². The molecule has 0 saturated carbocycles. The molecule has 68 valence electrons. The lowest BCUT2D eigenvalue weighted by Crippen LogP contribution is -1.94. The van der Waals surface area contributed by atoms with Crippen molar-refractivity contribution in [1.29, 1.82) is 0 Å². The van der Waals surface area contributed by atoms with Gasteiger partial charge in [-0.3, -0.25) is 0 Å². The first-order chi connectivity index (χ1) is 6.33. The summed E-state index contributed by atoms with van der Waals surface area (Å²) in [6, 6.07) is 4.36. The molecule has 1 aliphatic rings. The van der Waals surface area contributed by atoms with E-state index in [1.807, 2.05) is 0 Å². The van der Waals surface area contributed by atoms with Gasteiger partial charge in [0.1, 0.15) is 0 Å². The van der Waals surface area contributed by atoms with E-state index in [-0.39, 0.29) is 0 Å². The third-order valence-corrected chi connectivity index (χ3v) is 3.27. The number of benzene rings is 1. The van der Waals surface area contributed by atoms with Crippen molar-refractivity contribution in [2.45, 2.75) is 26.2 Å². The molecular formula is C12H13Br. The Morgan fingerprint density at radius 2 is 2.23 bits per heavy atom. The SMILES string of the molecule is CCCc1c(Br)ccc2c1CC=C2. The number of hydrogen-bond acceptors (Lipinski definition) is 0. The van der Waals surface area contributed by atoms with Crippen LogP contribution in [0.15, 0.2) is 22.7 Å². The lowest BCUT2D eigenvalue weighted by atomic mass is 9.99. The predicted molar refractivity (Wildman–Crippen MR) is 60.9 cm³/mol. The summed E-state index contributed by atoms with van der Waals surface area (Å²) in [7, 11) is 0. The normalized spacial score (nSPS) is 13.4. The Hall–Kier alpha value is -0.560. The van der Waals surface area contributed by atoms with Crippen molar-refractivity contribution in [1.82, 2.24) is 0 Å². The fourth-order valence-corrected chi connectivity index (χ4v) is 2.47. The maximum absolute atomic E-state index is 3.62. The molecule has 1 heteroatoms. The summed E-state index contributed by atoms with van der Waals surface area (Å²) in [6.45, 7) is 2.23. The molecule has 0 bridgehead atoms. The number of rotatable bonds is 2. The third kappa shape index (κ3) is 1.58. The molecule has 1 aromatic rings. The molecule has 0 radical (unpaired) electrons. The number of fused-ring (bicyclic) bond motifs is 1. The molecule has 2 rings (SSSR count). The average Bonchev–Trinajstić information content (AvgIpc) is 2.58. The van der Waals surface area contributed by atoms with Crippen LogP contribution in [-0.2, 0) is 12.8 Å². The summed E-state index contributed by atoms with van der Waals surface area (Å²) in [4.78, 5) is 0. The highest BCUT2D eigenvalue weighted by Gasteiger charge is 2.11. The molecule has 1 aromatic carbocycles. The van der Waals surface area contributed by atoms with Crippen molar-refractivity contribution < 1.29 is 0 Å². The lowest BCUT2D eigenvalue weighted by Gasteiger charge is -2.09. The van der Waals surface area contributed by atoms with Crippen molar-refractivity contribution in [3.8, 4) is 0 Å². The van der Waals surface area contributed by atoms with E-state index in [4.69, 9.17) is 0 Å². The molecule has 0 amide bonds. The second kappa shape index (κ2) is 3.67. The molecule has 1 aliphatic carbocycles. The molecule has 13 heavy (non-hydrogen) atoms. The molecule has 0 atom stereocenters. The molecule has 0 aromatic heterocycles. The van der Waals surface area contributed by atoms with Crippen LogP contribution >= 0.6 is 15.9 Å². The van der Waals surface area contributed by atoms with Crippen LogP contribution in [0.1, 0.15) is 30.0 Å². The first kappa shape index (κ1) is 9.01. The molecule has 0 fully saturated rings. The van der Waals surface area contributed by atoms with E-state index in [0.29, 0.717) is 0 Å². The van der Waals surface area contributed by atoms with E-state index < -0.39 is 0 Å². The van der Waals surface area contributed by atoms with Gasteiger partial charge in [0.25, 0.3) is 0 Å². The summed E-state index contributed by atoms with van der Waals surface area (Å²) in [5.41, 5.74) is 4.44. The van der Waals surface area contributed by atoms with Crippen LogP contribution in [-0.4, -0.2) is 0 Å². The van der Waals surface area contributed by atoms with Crippen molar-refractivity contribution >= 4 is 22.0 Å². The van der Waals surface area contributed by atoms with Gasteiger partial charge in [-0.25, -0.2) is 0 Å². The topological polar surface area (TPSA) is 0 Å². The lowest BCUT2D eigenvalue weighted by molar-refractivity contribution is 0.902. The quantitative estimate of drug-likeness (QED) is 0.730. The standard InChI is InChI=1S/C12H13Br/c1-2-4-11-10-6-3-5-9(10)7-8-12(11)13/h3,5,7-8H,2,4,6H2,1H3. The van der Waals surface area contributed by atoms with E-state index in [0.717, 1.165) is 6.42 Å². The summed E-state index contributed by atoms with van der Waals surface area (Å²) >= 11 is 3.62. The van der Waals surface area contributed by atoms with Crippen LogP contribution in [0.4, 0.5) is 0 Å². The largest absolute Gasteiger partial charge is 0.0795 e. The van der Waals surface area contributed by atoms with E-state index in [1.54, 1.807) is 0 Å². The van der Waals surface area contributed by atoms with E-state index in [9.17, 15) is 0 Å². The second-order valence-electron chi connectivity index (χ2n) is 3.45. The molecule has 0 aliphatic heterocycles. The molecule has 0 unspecified atom stereocenters. The number of allylic oxidation sites excluding steroid dienone is 1. The first-order valence-corrected chi connectivity index (χ1v) is 5.59. The number of hydrogen-bond donors (Lipinski definition) is 0. The van der Waals surface area contributed by atoms with Gasteiger partial charge in [-0.15, -0.1) is 0 Å². The highest BCUT2D eigenvalue weighted by Crippen LogP contribution is 2.30. The smallest absolute Gasteiger partial charge is 0.0210 e. The monoisotopic (exact) mass is 236 g/mol. The van der Waals surface area contributed by atoms with Crippen LogP contribution in [0.3, 0.4) is 0 Å². The summed E-state index contributed by atoms with van der Waals surface area (Å²) < 4.78 is 1.27. The van der Waals surface area contributed by atoms with Gasteiger partial charge in [-0.2, -0.15) is 0 Å². The molecule has 0 N–H and O–H groups in total. The molecule has 0 heterocycles. The van der Waals surface area contributed by atoms with Crippen LogP contribution in [0.25, 0.3) is 6.08 Å². The Bertz CT molecular complexity index is 350. The predicted octanol–water partition coefficient (Wildman–Crippen LogP) is 3.97. The zero-order chi connectivity index (χ0) is 9.26. The van der Waals surface area contributed by atoms with Gasteiger partial charge in [-0.05, 0) is 35.6 Å². The molecule has 0 nitrogen and oxygen atoms in total. The number of halogens is 1. The Balaban J connectivity index is 2.48. The maximum atomic E-state index is 3.62. The second-order valence-corrected chi connectivity index (χ2v) is 4.30. The minimum absolute atomic E-state index is 1.12. The summed E-state index contributed by atoms with van der Waals surface area (Å²) in [5.74, 6) is 0. The first-order valence-electron chi connectivity index (χ1n) is 4.79. The van der Waals surface area contributed by atoms with Crippen LogP contribution in [0.2, 0.25) is 0 Å². The highest BCUT2D eigenvalue weighted by atomic mass is 79.9. The van der Waals surface area contributed by atoms with Crippen LogP contribution < -0.4 is 0 Å². The fourth-order valence-electron chi connectivity index (χ4n) is 1.90. The molecule has 0 saturated heterocycles. The van der Waals surface area contributed by atoms with Gasteiger partial charge in [0.2, 0.25) is 0 Å². The fraction of sp³-hybridized carbons (Fsp3) is 0.333. The minimum Gasteiger partial charge on any atom is -0.0795 e. The molecular weight excluding hydrogens is 224 g/mol. The van der Waals surface area contributed by atoms with E-state index in [2.05, 4.69) is 47.1 Å². The van der Waals surface area contributed by atoms with Crippen molar-refractivity contribution in [2.24, 2.45) is 0 Å². The summed E-state index contributed by atoms with van der Waals surface area (Å²) in [6.07, 6.45) is 7.99. The van der Waals surface area contributed by atoms with Gasteiger partial charge < -0.3 is 0 Å². The average molecular weight is 237 g/mol. The Morgan fingerprint density at radius 3 is 3.00 bits per heavy atom. The molecule has 0 spiro atoms. The van der Waals surface area contributed by atoms with Gasteiger partial charge in [0, 0.05) is 4.47 Å². The van der Waals surface area contributed by atoms with Gasteiger partial charge in [-0.1, -0.05) is 47.5 Å². The van der Waals surface area contributed by atoms with Crippen LogP contribution in [0.5, 0.6) is 0 Å². The zero-order valence-corrected chi connectivity index (χ0v) is 9.39. The van der Waals surface area contributed by atoms with Crippen LogP contribution in [0, 0.1) is 0 Å². The van der Waals surface area contributed by atoms with Crippen molar-refractivity contribution in [3.63, 3.8) is 0 Å². The minimum atomic E-state index is 1.12. The van der Waals surface area contributed by atoms with Crippen molar-refractivity contribution in [3.05, 3.63) is 39.4 Å². The van der Waals surface area contributed by atoms with Gasteiger partial charge in [0.05, 0.1) is 0 Å². The van der Waals surface area contributed by atoms with Gasteiger partial charge in [0.15, 0.2) is 0 Å². The van der Waals surface area contributed by atoms with E-state index >= 15 is 0 Å². The van der Waals surface area contributed by atoms with Crippen molar-refractivity contribution in [2.75, 3.05) is 0 Å². The maximum Gasteiger partial charge on any atom is 0.0210 e. The Kier molecular flexibility index (Phi) is 2.54. The zero-order valence-electron chi connectivity index (χ0n) is 7.81. The van der Waals surface area contributed by atoms with E-state index in [1.165, 1.54) is 34.0 Å². The Labute approximate surface area is 87.8 Å². The summed E-state index contributed by atoms with van der Waals surface area (Å²) in [5, 5.41) is 0. The third-order valence-electron chi connectivity index (χ3n) is 2.53.